The molecule has 0 radical (unpaired) electrons. The summed E-state index contributed by atoms with van der Waals surface area (Å²) in [5, 5.41) is 21.5. The predicted molar refractivity (Wildman–Crippen MR) is 95.3 cm³/mol. The SMILES string of the molecule is O=C(NCCCN1CCCC[C@@H]1CO)c1ccc2nc(CO)[nH]c2c1. The quantitative estimate of drug-likeness (QED) is 0.561. The Kier molecular flexibility index (Phi) is 6.01. The number of imidazole rings is 1. The van der Waals surface area contributed by atoms with Crippen molar-refractivity contribution in [2.45, 2.75) is 38.3 Å². The molecule has 0 saturated carbocycles. The molecule has 136 valence electrons. The predicted octanol–water partition coefficient (Wildman–Crippen LogP) is 1.02. The number of aromatic nitrogens is 2. The lowest BCUT2D eigenvalue weighted by Crippen LogP contribution is -2.43. The number of amides is 1. The van der Waals surface area contributed by atoms with Gasteiger partial charge in [-0.05, 0) is 44.0 Å². The van der Waals surface area contributed by atoms with Crippen molar-refractivity contribution >= 4 is 16.9 Å². The highest BCUT2D eigenvalue weighted by Crippen LogP contribution is 2.17. The Morgan fingerprint density at radius 3 is 3.04 bits per heavy atom. The Labute approximate surface area is 147 Å². The number of rotatable bonds is 7. The van der Waals surface area contributed by atoms with Gasteiger partial charge in [-0.2, -0.15) is 0 Å². The molecule has 1 fully saturated rings. The van der Waals surface area contributed by atoms with Crippen LogP contribution in [0.2, 0.25) is 0 Å². The van der Waals surface area contributed by atoms with Crippen LogP contribution in [0.1, 0.15) is 41.9 Å². The number of nitrogens with zero attached hydrogens (tertiary/aromatic N) is 2. The van der Waals surface area contributed by atoms with Crippen molar-refractivity contribution in [1.29, 1.82) is 0 Å². The molecule has 2 heterocycles. The van der Waals surface area contributed by atoms with Crippen molar-refractivity contribution in [3.05, 3.63) is 29.6 Å². The number of aromatic amines is 1. The molecule has 0 aliphatic carbocycles. The Bertz CT molecular complexity index is 715. The van der Waals surface area contributed by atoms with Crippen LogP contribution in [0.25, 0.3) is 11.0 Å². The first-order valence-corrected chi connectivity index (χ1v) is 8.94. The molecular weight excluding hydrogens is 320 g/mol. The van der Waals surface area contributed by atoms with E-state index in [0.717, 1.165) is 37.0 Å². The number of H-pyrrole nitrogens is 1. The summed E-state index contributed by atoms with van der Waals surface area (Å²) in [6, 6.07) is 5.54. The third-order valence-electron chi connectivity index (χ3n) is 4.81. The van der Waals surface area contributed by atoms with Crippen LogP contribution in [0.3, 0.4) is 0 Å². The monoisotopic (exact) mass is 346 g/mol. The van der Waals surface area contributed by atoms with Gasteiger partial charge < -0.3 is 20.5 Å². The summed E-state index contributed by atoms with van der Waals surface area (Å²) in [6.45, 7) is 2.60. The number of carbonyl (C=O) groups is 1. The standard InChI is InChI=1S/C18H26N4O3/c23-11-14-4-1-2-8-22(14)9-3-7-19-18(25)13-5-6-15-16(10-13)21-17(12-24)20-15/h5-6,10,14,23-24H,1-4,7-9,11-12H2,(H,19,25)(H,20,21)/t14-/m1/s1. The zero-order valence-corrected chi connectivity index (χ0v) is 14.4. The molecule has 1 aliphatic heterocycles. The van der Waals surface area contributed by atoms with Gasteiger partial charge in [-0.3, -0.25) is 9.69 Å². The highest BCUT2D eigenvalue weighted by molar-refractivity contribution is 5.97. The number of benzene rings is 1. The van der Waals surface area contributed by atoms with Crippen LogP contribution in [-0.2, 0) is 6.61 Å². The molecule has 1 aliphatic rings. The van der Waals surface area contributed by atoms with Crippen LogP contribution < -0.4 is 5.32 Å². The van der Waals surface area contributed by atoms with Gasteiger partial charge in [-0.1, -0.05) is 6.42 Å². The highest BCUT2D eigenvalue weighted by atomic mass is 16.3. The van der Waals surface area contributed by atoms with Crippen molar-refractivity contribution in [2.75, 3.05) is 26.2 Å². The van der Waals surface area contributed by atoms with Gasteiger partial charge in [-0.25, -0.2) is 4.98 Å². The smallest absolute Gasteiger partial charge is 0.251 e. The maximum atomic E-state index is 12.3. The minimum atomic E-state index is -0.151. The zero-order valence-electron chi connectivity index (χ0n) is 14.4. The molecule has 1 aromatic carbocycles. The number of aliphatic hydroxyl groups excluding tert-OH is 2. The first-order valence-electron chi connectivity index (χ1n) is 8.94. The van der Waals surface area contributed by atoms with E-state index in [-0.39, 0.29) is 25.2 Å². The Morgan fingerprint density at radius 1 is 1.36 bits per heavy atom. The second-order valence-electron chi connectivity index (χ2n) is 6.55. The van der Waals surface area contributed by atoms with Crippen LogP contribution in [-0.4, -0.2) is 63.3 Å². The van der Waals surface area contributed by atoms with Crippen molar-refractivity contribution in [3.63, 3.8) is 0 Å². The van der Waals surface area contributed by atoms with Gasteiger partial charge in [0.2, 0.25) is 0 Å². The fraction of sp³-hybridized carbons (Fsp3) is 0.556. The topological polar surface area (TPSA) is 101 Å². The van der Waals surface area contributed by atoms with Crippen molar-refractivity contribution in [2.24, 2.45) is 0 Å². The van der Waals surface area contributed by atoms with E-state index in [0.29, 0.717) is 17.9 Å². The molecule has 0 unspecified atom stereocenters. The van der Waals surface area contributed by atoms with Crippen molar-refractivity contribution in [3.8, 4) is 0 Å². The van der Waals surface area contributed by atoms with Gasteiger partial charge in [0.25, 0.3) is 5.91 Å². The number of nitrogens with one attached hydrogen (secondary N) is 2. The summed E-state index contributed by atoms with van der Waals surface area (Å²) in [7, 11) is 0. The lowest BCUT2D eigenvalue weighted by Gasteiger charge is -2.34. The molecule has 1 amide bonds. The van der Waals surface area contributed by atoms with Crippen molar-refractivity contribution in [1.82, 2.24) is 20.2 Å². The zero-order chi connectivity index (χ0) is 17.6. The summed E-state index contributed by atoms with van der Waals surface area (Å²) in [5.41, 5.74) is 2.06. The highest BCUT2D eigenvalue weighted by Gasteiger charge is 2.20. The van der Waals surface area contributed by atoms with Gasteiger partial charge in [0.1, 0.15) is 12.4 Å². The Hall–Kier alpha value is -1.96. The summed E-state index contributed by atoms with van der Waals surface area (Å²) in [6.07, 6.45) is 4.29. The Morgan fingerprint density at radius 2 is 2.24 bits per heavy atom. The van der Waals surface area contributed by atoms with Crippen molar-refractivity contribution < 1.29 is 15.0 Å². The van der Waals surface area contributed by atoms with E-state index in [4.69, 9.17) is 5.11 Å². The van der Waals surface area contributed by atoms with Crippen LogP contribution in [0.4, 0.5) is 0 Å². The maximum absolute atomic E-state index is 12.3. The van der Waals surface area contributed by atoms with E-state index >= 15 is 0 Å². The van der Waals surface area contributed by atoms with E-state index in [1.807, 2.05) is 0 Å². The molecule has 4 N–H and O–H groups in total. The second kappa shape index (κ2) is 8.42. The lowest BCUT2D eigenvalue weighted by atomic mass is 10.0. The second-order valence-corrected chi connectivity index (χ2v) is 6.55. The summed E-state index contributed by atoms with van der Waals surface area (Å²) < 4.78 is 0. The molecule has 7 nitrogen and oxygen atoms in total. The van der Waals surface area contributed by atoms with E-state index in [1.54, 1.807) is 18.2 Å². The number of hydrogen-bond donors (Lipinski definition) is 4. The third kappa shape index (κ3) is 4.36. The molecule has 1 aromatic heterocycles. The molecule has 0 spiro atoms. The van der Waals surface area contributed by atoms with E-state index < -0.39 is 0 Å². The number of carbonyl (C=O) groups excluding carboxylic acids is 1. The molecule has 1 atom stereocenters. The van der Waals surface area contributed by atoms with Crippen LogP contribution in [0.15, 0.2) is 18.2 Å². The third-order valence-corrected chi connectivity index (χ3v) is 4.81. The molecule has 7 heteroatoms. The van der Waals surface area contributed by atoms with Gasteiger partial charge in [0.05, 0.1) is 17.6 Å². The fourth-order valence-electron chi connectivity index (χ4n) is 3.43. The molecule has 25 heavy (non-hydrogen) atoms. The van der Waals surface area contributed by atoms with E-state index in [9.17, 15) is 9.90 Å². The minimum Gasteiger partial charge on any atom is -0.395 e. The normalized spacial score (nSPS) is 18.6. The molecule has 3 rings (SSSR count). The summed E-state index contributed by atoms with van der Waals surface area (Å²) >= 11 is 0. The van der Waals surface area contributed by atoms with Crippen LogP contribution in [0, 0.1) is 0 Å². The lowest BCUT2D eigenvalue weighted by molar-refractivity contribution is 0.0868. The summed E-state index contributed by atoms with van der Waals surface area (Å²) in [5.74, 6) is 0.381. The molecule has 0 bridgehead atoms. The first kappa shape index (κ1) is 17.8. The largest absolute Gasteiger partial charge is 0.395 e. The number of piperidine rings is 1. The van der Waals surface area contributed by atoms with E-state index in [2.05, 4.69) is 20.2 Å². The van der Waals surface area contributed by atoms with Gasteiger partial charge in [0, 0.05) is 24.7 Å². The van der Waals surface area contributed by atoms with Gasteiger partial charge in [-0.15, -0.1) is 0 Å². The molecule has 1 saturated heterocycles. The van der Waals surface area contributed by atoms with Gasteiger partial charge in [0.15, 0.2) is 0 Å². The Balaban J connectivity index is 1.49. The minimum absolute atomic E-state index is 0.112. The number of likely N-dealkylation sites (tertiary alicyclic amines) is 1. The fourth-order valence-corrected chi connectivity index (χ4v) is 3.43. The van der Waals surface area contributed by atoms with E-state index in [1.165, 1.54) is 12.8 Å². The number of fused-ring (bicyclic) bond motifs is 1. The molecule has 2 aromatic rings. The van der Waals surface area contributed by atoms with Gasteiger partial charge >= 0.3 is 0 Å². The molecular formula is C18H26N4O3. The average molecular weight is 346 g/mol. The summed E-state index contributed by atoms with van der Waals surface area (Å²) in [4.78, 5) is 21.8. The maximum Gasteiger partial charge on any atom is 0.251 e. The van der Waals surface area contributed by atoms with Crippen LogP contribution in [0.5, 0.6) is 0 Å². The average Bonchev–Trinajstić information content (AvgIpc) is 3.07. The number of aliphatic hydroxyl groups is 2. The first-order chi connectivity index (χ1) is 12.2. The van der Waals surface area contributed by atoms with Crippen LogP contribution >= 0.6 is 0 Å². The number of hydrogen-bond acceptors (Lipinski definition) is 5.